The van der Waals surface area contributed by atoms with Crippen LogP contribution in [0.25, 0.3) is 0 Å². The molecule has 1 N–H and O–H groups in total. The van der Waals surface area contributed by atoms with E-state index in [1.54, 1.807) is 37.6 Å². The molecule has 1 aromatic carbocycles. The third-order valence-electron chi connectivity index (χ3n) is 2.96. The van der Waals surface area contributed by atoms with Crippen molar-refractivity contribution in [2.45, 2.75) is 19.6 Å². The second-order valence-electron chi connectivity index (χ2n) is 4.43. The topological polar surface area (TPSA) is 34.2 Å². The molecule has 0 aliphatic carbocycles. The van der Waals surface area contributed by atoms with Crippen LogP contribution >= 0.6 is 0 Å². The van der Waals surface area contributed by atoms with Crippen molar-refractivity contribution in [3.05, 3.63) is 59.4 Å². The van der Waals surface area contributed by atoms with Gasteiger partial charge in [-0.1, -0.05) is 24.3 Å². The molecule has 2 rings (SSSR count). The van der Waals surface area contributed by atoms with Crippen molar-refractivity contribution < 1.29 is 13.5 Å². The van der Waals surface area contributed by atoms with Crippen LogP contribution in [0.1, 0.15) is 22.7 Å². The largest absolute Gasteiger partial charge is 0.434 e. The molecule has 20 heavy (non-hydrogen) atoms. The summed E-state index contributed by atoms with van der Waals surface area (Å²) < 4.78 is 29.5. The number of hydrogen-bond donors (Lipinski definition) is 1. The normalized spacial score (nSPS) is 12.4. The van der Waals surface area contributed by atoms with Crippen LogP contribution in [0.3, 0.4) is 0 Å². The summed E-state index contributed by atoms with van der Waals surface area (Å²) in [5.74, 6) is 0.170. The predicted molar refractivity (Wildman–Crippen MR) is 73.0 cm³/mol. The zero-order valence-corrected chi connectivity index (χ0v) is 11.3. The van der Waals surface area contributed by atoms with Crippen molar-refractivity contribution >= 4 is 0 Å². The lowest BCUT2D eigenvalue weighted by Gasteiger charge is -2.20. The van der Waals surface area contributed by atoms with Gasteiger partial charge in [-0.25, -0.2) is 0 Å². The van der Waals surface area contributed by atoms with Gasteiger partial charge in [0.2, 0.25) is 0 Å². The number of alkyl halides is 2. The SMILES string of the molecule is CNC(c1cncc(C)c1)c1ccccc1OC(F)F. The van der Waals surface area contributed by atoms with E-state index >= 15 is 0 Å². The van der Waals surface area contributed by atoms with Gasteiger partial charge in [0, 0.05) is 18.0 Å². The van der Waals surface area contributed by atoms with Gasteiger partial charge in [0.25, 0.3) is 0 Å². The van der Waals surface area contributed by atoms with Crippen molar-refractivity contribution in [2.75, 3.05) is 7.05 Å². The first-order valence-electron chi connectivity index (χ1n) is 6.24. The number of pyridine rings is 1. The molecular formula is C15H16F2N2O. The molecule has 1 heterocycles. The minimum Gasteiger partial charge on any atom is -0.434 e. The molecule has 5 heteroatoms. The molecule has 0 bridgehead atoms. The summed E-state index contributed by atoms with van der Waals surface area (Å²) in [4.78, 5) is 4.14. The summed E-state index contributed by atoms with van der Waals surface area (Å²) in [7, 11) is 1.77. The Balaban J connectivity index is 2.41. The highest BCUT2D eigenvalue weighted by Crippen LogP contribution is 2.30. The van der Waals surface area contributed by atoms with Gasteiger partial charge < -0.3 is 10.1 Å². The van der Waals surface area contributed by atoms with Crippen LogP contribution in [0, 0.1) is 6.92 Å². The first-order valence-corrected chi connectivity index (χ1v) is 6.24. The summed E-state index contributed by atoms with van der Waals surface area (Å²) in [6.07, 6.45) is 3.46. The van der Waals surface area contributed by atoms with E-state index < -0.39 is 6.61 Å². The number of halogens is 2. The van der Waals surface area contributed by atoms with E-state index in [0.717, 1.165) is 11.1 Å². The first kappa shape index (κ1) is 14.4. The third-order valence-corrected chi connectivity index (χ3v) is 2.96. The maximum atomic E-state index is 12.5. The van der Waals surface area contributed by atoms with Gasteiger partial charge in [-0.05, 0) is 31.2 Å². The van der Waals surface area contributed by atoms with Crippen LogP contribution < -0.4 is 10.1 Å². The zero-order chi connectivity index (χ0) is 14.5. The summed E-state index contributed by atoms with van der Waals surface area (Å²) in [5, 5.41) is 3.11. The minimum atomic E-state index is -2.84. The Hall–Kier alpha value is -2.01. The number of aryl methyl sites for hydroxylation is 1. The van der Waals surface area contributed by atoms with Gasteiger partial charge in [-0.2, -0.15) is 8.78 Å². The van der Waals surface area contributed by atoms with E-state index in [-0.39, 0.29) is 11.8 Å². The van der Waals surface area contributed by atoms with Crippen molar-refractivity contribution in [1.29, 1.82) is 0 Å². The number of nitrogens with one attached hydrogen (secondary N) is 1. The average molecular weight is 278 g/mol. The van der Waals surface area contributed by atoms with E-state index in [9.17, 15) is 8.78 Å². The fourth-order valence-corrected chi connectivity index (χ4v) is 2.16. The summed E-state index contributed by atoms with van der Waals surface area (Å²) in [6, 6.07) is 8.48. The Morgan fingerprint density at radius 3 is 2.60 bits per heavy atom. The second-order valence-corrected chi connectivity index (χ2v) is 4.43. The van der Waals surface area contributed by atoms with E-state index in [1.807, 2.05) is 13.0 Å². The van der Waals surface area contributed by atoms with E-state index in [1.165, 1.54) is 6.07 Å². The quantitative estimate of drug-likeness (QED) is 0.911. The number of aromatic nitrogens is 1. The summed E-state index contributed by atoms with van der Waals surface area (Å²) in [6.45, 7) is -0.908. The van der Waals surface area contributed by atoms with Gasteiger partial charge in [-0.15, -0.1) is 0 Å². The molecule has 0 saturated carbocycles. The molecule has 2 aromatic rings. The fourth-order valence-electron chi connectivity index (χ4n) is 2.16. The second kappa shape index (κ2) is 6.43. The molecule has 1 aromatic heterocycles. The zero-order valence-electron chi connectivity index (χ0n) is 11.3. The Kier molecular flexibility index (Phi) is 4.63. The van der Waals surface area contributed by atoms with Crippen molar-refractivity contribution in [3.8, 4) is 5.75 Å². The molecule has 0 saturated heterocycles. The molecule has 0 spiro atoms. The van der Waals surface area contributed by atoms with Crippen LogP contribution in [0.2, 0.25) is 0 Å². The van der Waals surface area contributed by atoms with Gasteiger partial charge in [0.15, 0.2) is 0 Å². The van der Waals surface area contributed by atoms with Crippen LogP contribution in [-0.2, 0) is 0 Å². The molecule has 106 valence electrons. The lowest BCUT2D eigenvalue weighted by atomic mass is 9.98. The fraction of sp³-hybridized carbons (Fsp3) is 0.267. The van der Waals surface area contributed by atoms with Crippen LogP contribution in [0.15, 0.2) is 42.7 Å². The molecule has 0 fully saturated rings. The molecule has 0 amide bonds. The van der Waals surface area contributed by atoms with Crippen LogP contribution in [-0.4, -0.2) is 18.6 Å². The number of hydrogen-bond acceptors (Lipinski definition) is 3. The van der Waals surface area contributed by atoms with Crippen LogP contribution in [0.4, 0.5) is 8.78 Å². The molecular weight excluding hydrogens is 262 g/mol. The number of rotatable bonds is 5. The Morgan fingerprint density at radius 2 is 1.95 bits per heavy atom. The average Bonchev–Trinajstić information content (AvgIpc) is 2.41. The van der Waals surface area contributed by atoms with Gasteiger partial charge in [-0.3, -0.25) is 4.98 Å². The first-order chi connectivity index (χ1) is 9.61. The Morgan fingerprint density at radius 1 is 1.20 bits per heavy atom. The molecule has 1 atom stereocenters. The highest BCUT2D eigenvalue weighted by Gasteiger charge is 2.18. The lowest BCUT2D eigenvalue weighted by Crippen LogP contribution is -2.19. The van der Waals surface area contributed by atoms with Crippen molar-refractivity contribution in [1.82, 2.24) is 10.3 Å². The number of ether oxygens (including phenoxy) is 1. The Labute approximate surface area is 116 Å². The van der Waals surface area contributed by atoms with E-state index in [0.29, 0.717) is 5.56 Å². The molecule has 0 aliphatic rings. The predicted octanol–water partition coefficient (Wildman–Crippen LogP) is 3.30. The number of nitrogens with zero attached hydrogens (tertiary/aromatic N) is 1. The molecule has 3 nitrogen and oxygen atoms in total. The smallest absolute Gasteiger partial charge is 0.387 e. The van der Waals surface area contributed by atoms with E-state index in [2.05, 4.69) is 15.0 Å². The van der Waals surface area contributed by atoms with Gasteiger partial charge in [0.05, 0.1) is 6.04 Å². The maximum absolute atomic E-state index is 12.5. The standard InChI is InChI=1S/C15H16F2N2O/c1-10-7-11(9-19-8-10)14(18-2)12-5-3-4-6-13(12)20-15(16)17/h3-9,14-15,18H,1-2H3. The lowest BCUT2D eigenvalue weighted by molar-refractivity contribution is -0.0506. The number of benzene rings is 1. The summed E-state index contributed by atoms with van der Waals surface area (Å²) in [5.41, 5.74) is 2.57. The maximum Gasteiger partial charge on any atom is 0.387 e. The Bertz CT molecular complexity index is 575. The highest BCUT2D eigenvalue weighted by atomic mass is 19.3. The van der Waals surface area contributed by atoms with Crippen LogP contribution in [0.5, 0.6) is 5.75 Å². The van der Waals surface area contributed by atoms with Crippen molar-refractivity contribution in [3.63, 3.8) is 0 Å². The molecule has 0 aliphatic heterocycles. The molecule has 0 radical (unpaired) electrons. The van der Waals surface area contributed by atoms with Gasteiger partial charge >= 0.3 is 6.61 Å². The molecule has 1 unspecified atom stereocenters. The van der Waals surface area contributed by atoms with E-state index in [4.69, 9.17) is 0 Å². The third kappa shape index (κ3) is 3.30. The monoisotopic (exact) mass is 278 g/mol. The minimum absolute atomic E-state index is 0.170. The highest BCUT2D eigenvalue weighted by molar-refractivity contribution is 5.41. The van der Waals surface area contributed by atoms with Gasteiger partial charge in [0.1, 0.15) is 5.75 Å². The summed E-state index contributed by atoms with van der Waals surface area (Å²) >= 11 is 0. The number of para-hydroxylation sites is 1. The van der Waals surface area contributed by atoms with Crippen molar-refractivity contribution in [2.24, 2.45) is 0 Å².